The van der Waals surface area contributed by atoms with E-state index >= 15 is 0 Å². The van der Waals surface area contributed by atoms with Crippen LogP contribution in [0.4, 0.5) is 13.2 Å². The lowest BCUT2D eigenvalue weighted by molar-refractivity contribution is -0.153. The Bertz CT molecular complexity index is 669. The van der Waals surface area contributed by atoms with Gasteiger partial charge in [-0.1, -0.05) is 12.1 Å². The summed E-state index contributed by atoms with van der Waals surface area (Å²) in [6.07, 6.45) is -2.36. The number of alkyl halides is 3. The van der Waals surface area contributed by atoms with E-state index in [1.165, 1.54) is 17.4 Å². The van der Waals surface area contributed by atoms with Crippen LogP contribution in [0.1, 0.15) is 29.6 Å². The zero-order valence-electron chi connectivity index (χ0n) is 12.7. The molecular formula is C16H16F3NO3S. The summed E-state index contributed by atoms with van der Waals surface area (Å²) < 4.78 is 52.8. The van der Waals surface area contributed by atoms with E-state index in [0.717, 1.165) is 30.2 Å². The van der Waals surface area contributed by atoms with Crippen LogP contribution in [0.2, 0.25) is 0 Å². The largest absolute Gasteiger partial charge is 0.483 e. The lowest BCUT2D eigenvalue weighted by Gasteiger charge is -2.13. The number of para-hydroxylation sites is 2. The first kappa shape index (κ1) is 17.0. The van der Waals surface area contributed by atoms with Crippen LogP contribution >= 0.6 is 11.3 Å². The minimum absolute atomic E-state index is 0.0474. The number of rotatable bonds is 6. The average molecular weight is 359 g/mol. The predicted octanol–water partition coefficient (Wildman–Crippen LogP) is 4.51. The summed E-state index contributed by atoms with van der Waals surface area (Å²) in [5.74, 6) is 0.317. The van der Waals surface area contributed by atoms with Gasteiger partial charge in [-0.3, -0.25) is 0 Å². The molecule has 1 aliphatic heterocycles. The van der Waals surface area contributed by atoms with Crippen LogP contribution in [0.15, 0.2) is 29.6 Å². The van der Waals surface area contributed by atoms with E-state index in [1.807, 2.05) is 5.38 Å². The molecule has 8 heteroatoms. The molecule has 2 heterocycles. The van der Waals surface area contributed by atoms with Crippen molar-refractivity contribution in [3.63, 3.8) is 0 Å². The van der Waals surface area contributed by atoms with Crippen molar-refractivity contribution in [1.82, 2.24) is 4.98 Å². The standard InChI is InChI=1S/C16H16F3NO3S/c17-16(18,19)10-23-13-5-2-1-4-12(13)22-8-11-9-24-15(20-11)14-6-3-7-21-14/h1-2,4-5,9,14H,3,6-8,10H2. The van der Waals surface area contributed by atoms with Crippen LogP contribution in [0.3, 0.4) is 0 Å². The SMILES string of the molecule is FC(F)(F)COc1ccccc1OCc1csc(C2CCCO2)n1. The number of benzene rings is 1. The molecule has 0 aliphatic carbocycles. The van der Waals surface area contributed by atoms with Crippen molar-refractivity contribution in [3.05, 3.63) is 40.3 Å². The average Bonchev–Trinajstić information content (AvgIpc) is 3.22. The number of aromatic nitrogens is 1. The van der Waals surface area contributed by atoms with Gasteiger partial charge in [-0.05, 0) is 25.0 Å². The van der Waals surface area contributed by atoms with Crippen LogP contribution in [-0.2, 0) is 11.3 Å². The lowest BCUT2D eigenvalue weighted by Crippen LogP contribution is -2.19. The van der Waals surface area contributed by atoms with Crippen molar-refractivity contribution in [3.8, 4) is 11.5 Å². The van der Waals surface area contributed by atoms with Crippen LogP contribution < -0.4 is 9.47 Å². The van der Waals surface area contributed by atoms with Crippen LogP contribution in [0.5, 0.6) is 11.5 Å². The van der Waals surface area contributed by atoms with Crippen LogP contribution in [0.25, 0.3) is 0 Å². The van der Waals surface area contributed by atoms with E-state index in [9.17, 15) is 13.2 Å². The molecule has 3 rings (SSSR count). The third-order valence-electron chi connectivity index (χ3n) is 3.39. The van der Waals surface area contributed by atoms with Gasteiger partial charge in [-0.2, -0.15) is 13.2 Å². The Morgan fingerprint density at radius 2 is 1.96 bits per heavy atom. The number of nitrogens with zero attached hydrogens (tertiary/aromatic N) is 1. The van der Waals surface area contributed by atoms with Crippen molar-refractivity contribution in [2.24, 2.45) is 0 Å². The van der Waals surface area contributed by atoms with Crippen molar-refractivity contribution < 1.29 is 27.4 Å². The summed E-state index contributed by atoms with van der Waals surface area (Å²) in [7, 11) is 0. The summed E-state index contributed by atoms with van der Waals surface area (Å²) >= 11 is 1.50. The first-order chi connectivity index (χ1) is 11.5. The Hall–Kier alpha value is -1.80. The molecule has 0 amide bonds. The lowest BCUT2D eigenvalue weighted by atomic mass is 10.2. The summed E-state index contributed by atoms with van der Waals surface area (Å²) in [4.78, 5) is 4.47. The van der Waals surface area contributed by atoms with Gasteiger partial charge in [0.2, 0.25) is 0 Å². The zero-order valence-corrected chi connectivity index (χ0v) is 13.5. The smallest absolute Gasteiger partial charge is 0.422 e. The maximum atomic E-state index is 12.3. The van der Waals surface area contributed by atoms with Gasteiger partial charge in [0.1, 0.15) is 17.7 Å². The second-order valence-electron chi connectivity index (χ2n) is 5.32. The minimum Gasteiger partial charge on any atom is -0.483 e. The Kier molecular flexibility index (Phi) is 5.25. The molecule has 0 N–H and O–H groups in total. The summed E-state index contributed by atoms with van der Waals surface area (Å²) in [5, 5.41) is 2.78. The monoisotopic (exact) mass is 359 g/mol. The molecule has 1 saturated heterocycles. The van der Waals surface area contributed by atoms with Gasteiger partial charge in [0, 0.05) is 12.0 Å². The van der Waals surface area contributed by atoms with E-state index in [0.29, 0.717) is 0 Å². The highest BCUT2D eigenvalue weighted by atomic mass is 32.1. The fraction of sp³-hybridized carbons (Fsp3) is 0.438. The van der Waals surface area contributed by atoms with E-state index in [1.54, 1.807) is 18.2 Å². The Morgan fingerprint density at radius 3 is 2.62 bits per heavy atom. The second-order valence-corrected chi connectivity index (χ2v) is 6.21. The Morgan fingerprint density at radius 1 is 1.21 bits per heavy atom. The Balaban J connectivity index is 1.60. The van der Waals surface area contributed by atoms with Crippen molar-refractivity contribution in [1.29, 1.82) is 0 Å². The van der Waals surface area contributed by atoms with Gasteiger partial charge in [-0.15, -0.1) is 11.3 Å². The molecule has 0 saturated carbocycles. The highest BCUT2D eigenvalue weighted by Crippen LogP contribution is 2.32. The second kappa shape index (κ2) is 7.40. The van der Waals surface area contributed by atoms with Gasteiger partial charge < -0.3 is 14.2 Å². The minimum atomic E-state index is -4.39. The number of halogens is 3. The molecular weight excluding hydrogens is 343 g/mol. The van der Waals surface area contributed by atoms with E-state index in [4.69, 9.17) is 14.2 Å². The molecule has 1 fully saturated rings. The number of hydrogen-bond acceptors (Lipinski definition) is 5. The number of thiazole rings is 1. The molecule has 24 heavy (non-hydrogen) atoms. The fourth-order valence-electron chi connectivity index (χ4n) is 2.31. The van der Waals surface area contributed by atoms with Gasteiger partial charge in [-0.25, -0.2) is 4.98 Å². The van der Waals surface area contributed by atoms with Gasteiger partial charge in [0.25, 0.3) is 0 Å². The molecule has 1 aromatic carbocycles. The van der Waals surface area contributed by atoms with Crippen molar-refractivity contribution in [2.45, 2.75) is 31.7 Å². The molecule has 0 bridgehead atoms. The Labute approximate surface area is 141 Å². The number of hydrogen-bond donors (Lipinski definition) is 0. The summed E-state index contributed by atoms with van der Waals surface area (Å²) in [5.41, 5.74) is 0.719. The molecule has 0 radical (unpaired) electrons. The van der Waals surface area contributed by atoms with Crippen molar-refractivity contribution in [2.75, 3.05) is 13.2 Å². The fourth-order valence-corrected chi connectivity index (χ4v) is 3.19. The maximum Gasteiger partial charge on any atom is 0.422 e. The highest BCUT2D eigenvalue weighted by Gasteiger charge is 2.29. The molecule has 1 aliphatic rings. The first-order valence-corrected chi connectivity index (χ1v) is 8.36. The topological polar surface area (TPSA) is 40.6 Å². The quantitative estimate of drug-likeness (QED) is 0.761. The molecule has 1 aromatic heterocycles. The normalized spacial score (nSPS) is 17.9. The number of ether oxygens (including phenoxy) is 3. The van der Waals surface area contributed by atoms with Gasteiger partial charge in [0.05, 0.1) is 5.69 Å². The van der Waals surface area contributed by atoms with Crippen LogP contribution in [0, 0.1) is 0 Å². The highest BCUT2D eigenvalue weighted by molar-refractivity contribution is 7.09. The first-order valence-electron chi connectivity index (χ1n) is 7.48. The molecule has 1 unspecified atom stereocenters. The molecule has 0 spiro atoms. The third-order valence-corrected chi connectivity index (χ3v) is 4.38. The van der Waals surface area contributed by atoms with E-state index < -0.39 is 12.8 Å². The molecule has 1 atom stereocenters. The van der Waals surface area contributed by atoms with E-state index in [2.05, 4.69) is 4.98 Å². The molecule has 2 aromatic rings. The molecule has 130 valence electrons. The maximum absolute atomic E-state index is 12.3. The summed E-state index contributed by atoms with van der Waals surface area (Å²) in [6.45, 7) is -0.442. The van der Waals surface area contributed by atoms with Crippen LogP contribution in [-0.4, -0.2) is 24.4 Å². The third kappa shape index (κ3) is 4.61. The summed E-state index contributed by atoms with van der Waals surface area (Å²) in [6, 6.07) is 6.28. The zero-order chi connectivity index (χ0) is 17.0. The predicted molar refractivity (Wildman–Crippen MR) is 82.4 cm³/mol. The van der Waals surface area contributed by atoms with Gasteiger partial charge in [0.15, 0.2) is 18.1 Å². The molecule has 4 nitrogen and oxygen atoms in total. The van der Waals surface area contributed by atoms with Gasteiger partial charge >= 0.3 is 6.18 Å². The van der Waals surface area contributed by atoms with E-state index in [-0.39, 0.29) is 24.2 Å². The van der Waals surface area contributed by atoms with Crippen molar-refractivity contribution >= 4 is 11.3 Å².